The van der Waals surface area contributed by atoms with Crippen LogP contribution in [0.3, 0.4) is 0 Å². The molecule has 1 fully saturated rings. The van der Waals surface area contributed by atoms with E-state index in [4.69, 9.17) is 27.3 Å². The van der Waals surface area contributed by atoms with E-state index in [9.17, 15) is 0 Å². The Morgan fingerprint density at radius 3 is 2.55 bits per heavy atom. The largest absolute Gasteiger partial charge is 0.497 e. The van der Waals surface area contributed by atoms with E-state index in [0.717, 1.165) is 73.3 Å². The predicted octanol–water partition coefficient (Wildman–Crippen LogP) is 3.94. The van der Waals surface area contributed by atoms with Gasteiger partial charge in [-0.05, 0) is 55.0 Å². The van der Waals surface area contributed by atoms with Gasteiger partial charge in [-0.25, -0.2) is 9.67 Å². The van der Waals surface area contributed by atoms with E-state index in [1.807, 2.05) is 35.0 Å². The van der Waals surface area contributed by atoms with Crippen molar-refractivity contribution in [3.8, 4) is 23.2 Å². The standard InChI is InChI=1S/C24H29N7OS/c1-3-4-11-30-23(20-5-7-21(32-2)8-6-20)27-31(24(30)33)18-28-12-14-29(15-13-28)22-16-19(17-25)9-10-26-22/h5-10,16H,3-4,11-15,18H2,1-2H3. The number of aromatic nitrogens is 4. The fourth-order valence-corrected chi connectivity index (χ4v) is 4.25. The third-order valence-corrected chi connectivity index (χ3v) is 6.34. The summed E-state index contributed by atoms with van der Waals surface area (Å²) in [5, 5.41) is 14.1. The quantitative estimate of drug-likeness (QED) is 0.469. The second-order valence-electron chi connectivity index (χ2n) is 8.10. The third-order valence-electron chi connectivity index (χ3n) is 5.91. The van der Waals surface area contributed by atoms with Crippen LogP contribution in [0.4, 0.5) is 5.82 Å². The van der Waals surface area contributed by atoms with Crippen LogP contribution in [0.1, 0.15) is 25.3 Å². The van der Waals surface area contributed by atoms with E-state index in [1.165, 1.54) is 0 Å². The lowest BCUT2D eigenvalue weighted by Gasteiger charge is -2.35. The highest BCUT2D eigenvalue weighted by atomic mass is 32.1. The number of unbranched alkanes of at least 4 members (excludes halogenated alkanes) is 1. The summed E-state index contributed by atoms with van der Waals surface area (Å²) in [6.45, 7) is 7.13. The normalized spacial score (nSPS) is 14.3. The second-order valence-corrected chi connectivity index (χ2v) is 8.47. The Bertz CT molecular complexity index is 1170. The van der Waals surface area contributed by atoms with Gasteiger partial charge in [-0.2, -0.15) is 10.4 Å². The number of nitrogens with zero attached hydrogens (tertiary/aromatic N) is 7. The van der Waals surface area contributed by atoms with Crippen molar-refractivity contribution in [3.05, 3.63) is 52.9 Å². The molecule has 3 heterocycles. The maximum Gasteiger partial charge on any atom is 0.199 e. The average Bonchev–Trinajstić information content (AvgIpc) is 3.18. The molecule has 3 aromatic rings. The molecule has 0 N–H and O–H groups in total. The summed E-state index contributed by atoms with van der Waals surface area (Å²) in [7, 11) is 1.67. The summed E-state index contributed by atoms with van der Waals surface area (Å²) < 4.78 is 10.1. The summed E-state index contributed by atoms with van der Waals surface area (Å²) in [6.07, 6.45) is 3.85. The molecular weight excluding hydrogens is 434 g/mol. The van der Waals surface area contributed by atoms with Crippen LogP contribution in [0, 0.1) is 16.1 Å². The molecule has 2 aromatic heterocycles. The summed E-state index contributed by atoms with van der Waals surface area (Å²) in [4.78, 5) is 9.01. The first-order valence-corrected chi connectivity index (χ1v) is 11.7. The number of ether oxygens (including phenoxy) is 1. The van der Waals surface area contributed by atoms with E-state index in [2.05, 4.69) is 32.3 Å². The van der Waals surface area contributed by atoms with Crippen LogP contribution in [-0.4, -0.2) is 57.5 Å². The number of benzene rings is 1. The molecule has 0 radical (unpaired) electrons. The van der Waals surface area contributed by atoms with Crippen molar-refractivity contribution in [2.45, 2.75) is 33.0 Å². The molecule has 0 atom stereocenters. The van der Waals surface area contributed by atoms with Gasteiger partial charge in [0.2, 0.25) is 0 Å². The molecule has 0 amide bonds. The van der Waals surface area contributed by atoms with Crippen molar-refractivity contribution in [3.63, 3.8) is 0 Å². The van der Waals surface area contributed by atoms with Gasteiger partial charge in [0.1, 0.15) is 11.6 Å². The van der Waals surface area contributed by atoms with Crippen molar-refractivity contribution < 1.29 is 4.74 Å². The van der Waals surface area contributed by atoms with Crippen LogP contribution >= 0.6 is 12.2 Å². The summed E-state index contributed by atoms with van der Waals surface area (Å²) >= 11 is 5.83. The van der Waals surface area contributed by atoms with E-state index in [-0.39, 0.29) is 0 Å². The first kappa shape index (κ1) is 23.0. The maximum absolute atomic E-state index is 9.15. The molecule has 1 aromatic carbocycles. The summed E-state index contributed by atoms with van der Waals surface area (Å²) in [6, 6.07) is 13.7. The fourth-order valence-electron chi connectivity index (χ4n) is 3.97. The van der Waals surface area contributed by atoms with Crippen LogP contribution in [0.2, 0.25) is 0 Å². The van der Waals surface area contributed by atoms with Crippen molar-refractivity contribution in [2.24, 2.45) is 0 Å². The Morgan fingerprint density at radius 1 is 1.12 bits per heavy atom. The van der Waals surface area contributed by atoms with Crippen LogP contribution in [0.25, 0.3) is 11.4 Å². The Kier molecular flexibility index (Phi) is 7.37. The first-order valence-electron chi connectivity index (χ1n) is 11.3. The van der Waals surface area contributed by atoms with E-state index >= 15 is 0 Å². The number of pyridine rings is 1. The highest BCUT2D eigenvalue weighted by Gasteiger charge is 2.20. The van der Waals surface area contributed by atoms with Crippen LogP contribution in [0.15, 0.2) is 42.6 Å². The number of piperazine rings is 1. The highest BCUT2D eigenvalue weighted by Crippen LogP contribution is 2.23. The van der Waals surface area contributed by atoms with Gasteiger partial charge < -0.3 is 9.64 Å². The Labute approximate surface area is 199 Å². The molecule has 8 nitrogen and oxygen atoms in total. The number of hydrogen-bond donors (Lipinski definition) is 0. The lowest BCUT2D eigenvalue weighted by Crippen LogP contribution is -2.47. The van der Waals surface area contributed by atoms with Gasteiger partial charge in [0.15, 0.2) is 10.6 Å². The Balaban J connectivity index is 1.49. The number of rotatable bonds is 8. The van der Waals surface area contributed by atoms with Crippen molar-refractivity contribution >= 4 is 18.0 Å². The first-order chi connectivity index (χ1) is 16.1. The molecule has 0 spiro atoms. The maximum atomic E-state index is 9.15. The van der Waals surface area contributed by atoms with Gasteiger partial charge in [0.25, 0.3) is 0 Å². The number of nitriles is 1. The van der Waals surface area contributed by atoms with Crippen molar-refractivity contribution in [1.29, 1.82) is 5.26 Å². The molecule has 1 aliphatic rings. The van der Waals surface area contributed by atoms with Gasteiger partial charge in [-0.3, -0.25) is 9.47 Å². The SMILES string of the molecule is CCCCn1c(-c2ccc(OC)cc2)nn(CN2CCN(c3cc(C#N)ccn3)CC2)c1=S. The van der Waals surface area contributed by atoms with Gasteiger partial charge in [-0.1, -0.05) is 13.3 Å². The van der Waals surface area contributed by atoms with Crippen LogP contribution in [-0.2, 0) is 13.2 Å². The zero-order valence-electron chi connectivity index (χ0n) is 19.1. The molecule has 1 saturated heterocycles. The monoisotopic (exact) mass is 463 g/mol. The number of methoxy groups -OCH3 is 1. The molecule has 172 valence electrons. The van der Waals surface area contributed by atoms with Gasteiger partial charge in [-0.15, -0.1) is 0 Å². The van der Waals surface area contributed by atoms with Gasteiger partial charge in [0.05, 0.1) is 25.4 Å². The van der Waals surface area contributed by atoms with Crippen LogP contribution in [0.5, 0.6) is 5.75 Å². The smallest absolute Gasteiger partial charge is 0.199 e. The van der Waals surface area contributed by atoms with Crippen molar-refractivity contribution in [1.82, 2.24) is 24.2 Å². The average molecular weight is 464 g/mol. The number of hydrogen-bond acceptors (Lipinski definition) is 7. The zero-order valence-corrected chi connectivity index (χ0v) is 20.0. The lowest BCUT2D eigenvalue weighted by molar-refractivity contribution is 0.194. The second kappa shape index (κ2) is 10.6. The topological polar surface area (TPSA) is 75.1 Å². The van der Waals surface area contributed by atoms with Gasteiger partial charge in [0, 0.05) is 44.5 Å². The summed E-state index contributed by atoms with van der Waals surface area (Å²) in [5.41, 5.74) is 1.67. The van der Waals surface area contributed by atoms with E-state index in [0.29, 0.717) is 12.2 Å². The Hall–Kier alpha value is -3.22. The summed E-state index contributed by atoms with van der Waals surface area (Å²) in [5.74, 6) is 2.58. The van der Waals surface area contributed by atoms with Crippen LogP contribution < -0.4 is 9.64 Å². The zero-order chi connectivity index (χ0) is 23.2. The minimum atomic E-state index is 0.636. The van der Waals surface area contributed by atoms with E-state index in [1.54, 1.807) is 19.4 Å². The van der Waals surface area contributed by atoms with Crippen molar-refractivity contribution in [2.75, 3.05) is 38.2 Å². The number of anilines is 1. The molecule has 0 unspecified atom stereocenters. The van der Waals surface area contributed by atoms with E-state index < -0.39 is 0 Å². The molecule has 9 heteroatoms. The molecule has 33 heavy (non-hydrogen) atoms. The minimum Gasteiger partial charge on any atom is -0.497 e. The fraction of sp³-hybridized carbons (Fsp3) is 0.417. The Morgan fingerprint density at radius 2 is 1.88 bits per heavy atom. The van der Waals surface area contributed by atoms with Gasteiger partial charge >= 0.3 is 0 Å². The predicted molar refractivity (Wildman–Crippen MR) is 131 cm³/mol. The highest BCUT2D eigenvalue weighted by molar-refractivity contribution is 7.71. The third kappa shape index (κ3) is 5.24. The molecule has 4 rings (SSSR count). The molecule has 0 saturated carbocycles. The molecular formula is C24H29N7OS. The molecule has 1 aliphatic heterocycles. The molecule has 0 bridgehead atoms. The lowest BCUT2D eigenvalue weighted by atomic mass is 10.2. The molecule has 0 aliphatic carbocycles. The minimum absolute atomic E-state index is 0.636.